The van der Waals surface area contributed by atoms with Crippen LogP contribution in [0.4, 0.5) is 11.5 Å². The van der Waals surface area contributed by atoms with Crippen molar-refractivity contribution in [3.05, 3.63) is 63.9 Å². The Morgan fingerprint density at radius 1 is 1.18 bits per heavy atom. The van der Waals surface area contributed by atoms with Crippen LogP contribution in [0.2, 0.25) is 10.0 Å². The van der Waals surface area contributed by atoms with Crippen LogP contribution in [0, 0.1) is 6.92 Å². The van der Waals surface area contributed by atoms with Crippen LogP contribution in [0.25, 0.3) is 17.0 Å². The molecule has 0 bridgehead atoms. The summed E-state index contributed by atoms with van der Waals surface area (Å²) < 4.78 is 12.9. The zero-order chi connectivity index (χ0) is 24.4. The van der Waals surface area contributed by atoms with Crippen molar-refractivity contribution >= 4 is 46.3 Å². The molecule has 0 aliphatic rings. The number of ether oxygens (including phenoxy) is 2. The summed E-state index contributed by atoms with van der Waals surface area (Å²) in [6.45, 7) is 3.85. The number of Topliss-reactive ketones (excluding diaryl/α,β-unsaturated/α-hetero) is 1. The molecule has 0 aliphatic heterocycles. The number of fused-ring (bicyclic) bond motifs is 1. The smallest absolute Gasteiger partial charge is 0.235 e. The van der Waals surface area contributed by atoms with Crippen LogP contribution < -0.4 is 14.8 Å². The monoisotopic (exact) mass is 498 g/mol. The van der Waals surface area contributed by atoms with E-state index in [2.05, 4.69) is 10.3 Å². The summed E-state index contributed by atoms with van der Waals surface area (Å²) in [5, 5.41) is 4.28. The Morgan fingerprint density at radius 2 is 1.97 bits per heavy atom. The molecule has 0 atom stereocenters. The average molecular weight is 499 g/mol. The number of hydrogen-bond acceptors (Lipinski definition) is 6. The molecule has 0 spiro atoms. The zero-order valence-corrected chi connectivity index (χ0v) is 20.8. The summed E-state index contributed by atoms with van der Waals surface area (Å²) in [5.74, 6) is 1.91. The standard InChI is InChI=1S/C25H24Cl2N4O3/c1-5-7-18(32)16-12-15(33-3)13-19(34-4)20(16)23-24(31-11-6-10-28-25(31)30-23)29-22-17(26)9-8-14(2)21(22)27/h6,8-13,29H,5,7H2,1-4H3. The second-order valence-electron chi connectivity index (χ2n) is 7.70. The highest BCUT2D eigenvalue weighted by Crippen LogP contribution is 2.43. The number of aromatic nitrogens is 3. The number of benzene rings is 2. The molecular formula is C25H24Cl2N4O3. The van der Waals surface area contributed by atoms with Crippen molar-refractivity contribution < 1.29 is 14.3 Å². The lowest BCUT2D eigenvalue weighted by molar-refractivity contribution is 0.0981. The third-order valence-corrected chi connectivity index (χ3v) is 6.28. The SMILES string of the molecule is CCCC(=O)c1cc(OC)cc(OC)c1-c1nc2ncccn2c1Nc1c(Cl)ccc(C)c1Cl. The van der Waals surface area contributed by atoms with E-state index in [1.54, 1.807) is 49.1 Å². The number of carbonyl (C=O) groups is 1. The lowest BCUT2D eigenvalue weighted by atomic mass is 9.96. The van der Waals surface area contributed by atoms with Crippen molar-refractivity contribution in [3.8, 4) is 22.8 Å². The first-order valence-corrected chi connectivity index (χ1v) is 11.5. The van der Waals surface area contributed by atoms with Crippen LogP contribution in [0.1, 0.15) is 35.7 Å². The van der Waals surface area contributed by atoms with Crippen LogP contribution in [0.15, 0.2) is 42.7 Å². The number of carbonyl (C=O) groups excluding carboxylic acids is 1. The molecule has 2 heterocycles. The molecule has 0 radical (unpaired) electrons. The third-order valence-electron chi connectivity index (χ3n) is 5.48. The van der Waals surface area contributed by atoms with Crippen LogP contribution >= 0.6 is 23.2 Å². The minimum Gasteiger partial charge on any atom is -0.497 e. The number of methoxy groups -OCH3 is 2. The fraction of sp³-hybridized carbons (Fsp3) is 0.240. The van der Waals surface area contributed by atoms with Gasteiger partial charge in [-0.25, -0.2) is 9.97 Å². The third kappa shape index (κ3) is 4.29. The quantitative estimate of drug-likeness (QED) is 0.270. The average Bonchev–Trinajstić information content (AvgIpc) is 3.21. The van der Waals surface area contributed by atoms with Crippen molar-refractivity contribution in [2.45, 2.75) is 26.7 Å². The number of anilines is 2. The van der Waals surface area contributed by atoms with E-state index in [4.69, 9.17) is 37.7 Å². The number of aryl methyl sites for hydroxylation is 1. The minimum atomic E-state index is -0.0442. The molecule has 4 rings (SSSR count). The molecule has 0 saturated heterocycles. The molecule has 1 N–H and O–H groups in total. The maximum absolute atomic E-state index is 13.2. The predicted molar refractivity (Wildman–Crippen MR) is 135 cm³/mol. The van der Waals surface area contributed by atoms with Crippen LogP contribution in [0.3, 0.4) is 0 Å². The molecule has 0 amide bonds. The van der Waals surface area contributed by atoms with E-state index in [9.17, 15) is 4.79 Å². The molecule has 0 fully saturated rings. The molecule has 176 valence electrons. The van der Waals surface area contributed by atoms with Gasteiger partial charge < -0.3 is 14.8 Å². The largest absolute Gasteiger partial charge is 0.497 e. The highest BCUT2D eigenvalue weighted by molar-refractivity contribution is 6.39. The molecule has 4 aromatic rings. The highest BCUT2D eigenvalue weighted by atomic mass is 35.5. The van der Waals surface area contributed by atoms with E-state index in [0.29, 0.717) is 68.5 Å². The maximum atomic E-state index is 13.2. The van der Waals surface area contributed by atoms with Gasteiger partial charge in [0.15, 0.2) is 5.78 Å². The Bertz CT molecular complexity index is 1380. The van der Waals surface area contributed by atoms with Crippen molar-refractivity contribution in [2.75, 3.05) is 19.5 Å². The van der Waals surface area contributed by atoms with Crippen LogP contribution in [-0.4, -0.2) is 34.4 Å². The van der Waals surface area contributed by atoms with Crippen molar-refractivity contribution in [3.63, 3.8) is 0 Å². The molecular weight excluding hydrogens is 475 g/mol. The molecule has 0 aliphatic carbocycles. The summed E-state index contributed by atoms with van der Waals surface area (Å²) >= 11 is 13.1. The number of nitrogens with zero attached hydrogens (tertiary/aromatic N) is 3. The molecule has 34 heavy (non-hydrogen) atoms. The van der Waals surface area contributed by atoms with Crippen LogP contribution in [0.5, 0.6) is 11.5 Å². The lowest BCUT2D eigenvalue weighted by Gasteiger charge is -2.17. The second kappa shape index (κ2) is 9.91. The summed E-state index contributed by atoms with van der Waals surface area (Å²) in [7, 11) is 3.09. The second-order valence-corrected chi connectivity index (χ2v) is 8.49. The fourth-order valence-corrected chi connectivity index (χ4v) is 4.23. The zero-order valence-electron chi connectivity index (χ0n) is 19.3. The fourth-order valence-electron chi connectivity index (χ4n) is 3.77. The van der Waals surface area contributed by atoms with Gasteiger partial charge in [-0.05, 0) is 37.1 Å². The van der Waals surface area contributed by atoms with Crippen molar-refractivity contribution in [2.24, 2.45) is 0 Å². The van der Waals surface area contributed by atoms with E-state index in [0.717, 1.165) is 5.56 Å². The Morgan fingerprint density at radius 3 is 2.68 bits per heavy atom. The summed E-state index contributed by atoms with van der Waals surface area (Å²) in [6, 6.07) is 8.85. The first-order valence-electron chi connectivity index (χ1n) is 10.7. The van der Waals surface area contributed by atoms with Crippen LogP contribution in [-0.2, 0) is 0 Å². The van der Waals surface area contributed by atoms with Gasteiger partial charge in [0.1, 0.15) is 23.0 Å². The summed E-state index contributed by atoms with van der Waals surface area (Å²) in [6.07, 6.45) is 4.54. The first kappa shape index (κ1) is 23.9. The number of hydrogen-bond donors (Lipinski definition) is 1. The Hall–Kier alpha value is -3.29. The molecule has 0 saturated carbocycles. The number of halogens is 2. The van der Waals surface area contributed by atoms with E-state index >= 15 is 0 Å². The Labute approximate surface area is 207 Å². The molecule has 2 aromatic heterocycles. The topological polar surface area (TPSA) is 77.8 Å². The minimum absolute atomic E-state index is 0.0442. The normalized spacial score (nSPS) is 11.0. The van der Waals surface area contributed by atoms with Gasteiger partial charge in [0.2, 0.25) is 5.78 Å². The molecule has 2 aromatic carbocycles. The number of nitrogens with one attached hydrogen (secondary N) is 1. The molecule has 0 unspecified atom stereocenters. The Kier molecular flexibility index (Phi) is 6.95. The lowest BCUT2D eigenvalue weighted by Crippen LogP contribution is -2.06. The van der Waals surface area contributed by atoms with Gasteiger partial charge in [0, 0.05) is 30.4 Å². The van der Waals surface area contributed by atoms with Gasteiger partial charge in [-0.15, -0.1) is 0 Å². The predicted octanol–water partition coefficient (Wildman–Crippen LogP) is 6.76. The number of ketones is 1. The van der Waals surface area contributed by atoms with Crippen molar-refractivity contribution in [1.29, 1.82) is 0 Å². The molecule has 7 nitrogen and oxygen atoms in total. The Balaban J connectivity index is 2.04. The van der Waals surface area contributed by atoms with Gasteiger partial charge >= 0.3 is 0 Å². The van der Waals surface area contributed by atoms with E-state index in [1.165, 1.54) is 0 Å². The summed E-state index contributed by atoms with van der Waals surface area (Å²) in [5.41, 5.74) is 2.86. The number of rotatable bonds is 8. The van der Waals surface area contributed by atoms with Gasteiger partial charge in [0.25, 0.3) is 0 Å². The van der Waals surface area contributed by atoms with Gasteiger partial charge in [-0.2, -0.15) is 0 Å². The van der Waals surface area contributed by atoms with Crippen molar-refractivity contribution in [1.82, 2.24) is 14.4 Å². The van der Waals surface area contributed by atoms with E-state index in [1.807, 2.05) is 26.1 Å². The first-order chi connectivity index (χ1) is 16.4. The summed E-state index contributed by atoms with van der Waals surface area (Å²) in [4.78, 5) is 22.3. The van der Waals surface area contributed by atoms with Gasteiger partial charge in [-0.3, -0.25) is 9.20 Å². The van der Waals surface area contributed by atoms with Gasteiger partial charge in [0.05, 0.1) is 35.5 Å². The highest BCUT2D eigenvalue weighted by Gasteiger charge is 2.26. The number of imidazole rings is 1. The van der Waals surface area contributed by atoms with E-state index < -0.39 is 0 Å². The maximum Gasteiger partial charge on any atom is 0.235 e. The van der Waals surface area contributed by atoms with E-state index in [-0.39, 0.29) is 5.78 Å². The van der Waals surface area contributed by atoms with Gasteiger partial charge in [-0.1, -0.05) is 36.2 Å². The molecule has 9 heteroatoms.